The number of alkyl carbamates (subject to hydrolysis) is 1. The van der Waals surface area contributed by atoms with Gasteiger partial charge in [0.1, 0.15) is 18.7 Å². The van der Waals surface area contributed by atoms with Gasteiger partial charge in [-0.3, -0.25) is 9.59 Å². The summed E-state index contributed by atoms with van der Waals surface area (Å²) in [5.41, 5.74) is 5.74. The highest BCUT2D eigenvalue weighted by molar-refractivity contribution is 5.89. The van der Waals surface area contributed by atoms with E-state index in [-0.39, 0.29) is 19.4 Å². The molecule has 0 aliphatic rings. The fourth-order valence-corrected chi connectivity index (χ4v) is 1.85. The van der Waals surface area contributed by atoms with Crippen molar-refractivity contribution >= 4 is 23.9 Å². The Balaban J connectivity index is 2.44. The molecular weight excluding hydrogens is 330 g/mol. The van der Waals surface area contributed by atoms with Gasteiger partial charge in [0.25, 0.3) is 0 Å². The number of carboxylic acid groups (broad SMARTS) is 1. The average Bonchev–Trinajstić information content (AvgIpc) is 2.56. The van der Waals surface area contributed by atoms with Gasteiger partial charge in [-0.25, -0.2) is 9.59 Å². The molecule has 0 saturated carbocycles. The van der Waals surface area contributed by atoms with Gasteiger partial charge in [0.2, 0.25) is 11.8 Å². The van der Waals surface area contributed by atoms with E-state index in [0.29, 0.717) is 0 Å². The number of hydrogen-bond acceptors (Lipinski definition) is 5. The van der Waals surface area contributed by atoms with Crippen molar-refractivity contribution in [2.24, 2.45) is 5.73 Å². The molecule has 9 nitrogen and oxygen atoms in total. The molecule has 1 aromatic rings. The maximum atomic E-state index is 12.0. The Hall–Kier alpha value is -3.10. The van der Waals surface area contributed by atoms with Crippen LogP contribution < -0.4 is 16.4 Å². The monoisotopic (exact) mass is 351 g/mol. The summed E-state index contributed by atoms with van der Waals surface area (Å²) in [5.74, 6) is -2.68. The summed E-state index contributed by atoms with van der Waals surface area (Å²) >= 11 is 0. The lowest BCUT2D eigenvalue weighted by atomic mass is 10.1. The number of rotatable bonds is 9. The first kappa shape index (κ1) is 19.9. The van der Waals surface area contributed by atoms with E-state index >= 15 is 0 Å². The Morgan fingerprint density at radius 2 is 1.80 bits per heavy atom. The Labute approximate surface area is 144 Å². The van der Waals surface area contributed by atoms with E-state index in [1.165, 1.54) is 6.92 Å². The first-order valence-corrected chi connectivity index (χ1v) is 7.58. The summed E-state index contributed by atoms with van der Waals surface area (Å²) in [6.45, 7) is 1.42. The summed E-state index contributed by atoms with van der Waals surface area (Å²) in [6, 6.07) is 6.69. The summed E-state index contributed by atoms with van der Waals surface area (Å²) < 4.78 is 4.97. The molecule has 136 valence electrons. The van der Waals surface area contributed by atoms with Crippen molar-refractivity contribution in [3.05, 3.63) is 35.9 Å². The normalized spacial score (nSPS) is 12.5. The third-order valence-corrected chi connectivity index (χ3v) is 3.23. The van der Waals surface area contributed by atoms with Crippen molar-refractivity contribution < 1.29 is 29.0 Å². The molecule has 0 saturated heterocycles. The number of aliphatic carboxylic acids is 1. The molecule has 1 rings (SSSR count). The lowest BCUT2D eigenvalue weighted by Gasteiger charge is -2.18. The third-order valence-electron chi connectivity index (χ3n) is 3.23. The van der Waals surface area contributed by atoms with Crippen LogP contribution in [0.2, 0.25) is 0 Å². The first-order valence-electron chi connectivity index (χ1n) is 7.58. The van der Waals surface area contributed by atoms with E-state index in [4.69, 9.17) is 15.6 Å². The molecule has 0 aromatic heterocycles. The fraction of sp³-hybridized carbons (Fsp3) is 0.375. The van der Waals surface area contributed by atoms with Crippen LogP contribution in [0.25, 0.3) is 0 Å². The smallest absolute Gasteiger partial charge is 0.408 e. The van der Waals surface area contributed by atoms with Crippen molar-refractivity contribution in [1.29, 1.82) is 0 Å². The second kappa shape index (κ2) is 9.91. The van der Waals surface area contributed by atoms with Crippen LogP contribution in [0.4, 0.5) is 4.79 Å². The molecular formula is C16H21N3O6. The number of benzene rings is 1. The zero-order valence-electron chi connectivity index (χ0n) is 13.7. The summed E-state index contributed by atoms with van der Waals surface area (Å²) in [7, 11) is 0. The quantitative estimate of drug-likeness (QED) is 0.497. The number of hydrogen-bond donors (Lipinski definition) is 4. The van der Waals surface area contributed by atoms with E-state index in [1.807, 2.05) is 6.07 Å². The predicted octanol–water partition coefficient (Wildman–Crippen LogP) is 0.136. The number of carboxylic acids is 1. The van der Waals surface area contributed by atoms with Gasteiger partial charge in [0.05, 0.1) is 0 Å². The first-order chi connectivity index (χ1) is 11.8. The van der Waals surface area contributed by atoms with Gasteiger partial charge in [-0.15, -0.1) is 0 Å². The predicted molar refractivity (Wildman–Crippen MR) is 87.2 cm³/mol. The van der Waals surface area contributed by atoms with Crippen LogP contribution in [-0.2, 0) is 25.7 Å². The number of nitrogens with two attached hydrogens (primary N) is 1. The third kappa shape index (κ3) is 7.82. The molecule has 5 N–H and O–H groups in total. The molecule has 0 fully saturated rings. The molecule has 0 heterocycles. The number of nitrogens with one attached hydrogen (secondary N) is 2. The fourth-order valence-electron chi connectivity index (χ4n) is 1.85. The molecule has 0 bridgehead atoms. The molecule has 2 atom stereocenters. The lowest BCUT2D eigenvalue weighted by molar-refractivity contribution is -0.142. The molecule has 0 aliphatic carbocycles. The Morgan fingerprint density at radius 1 is 1.16 bits per heavy atom. The van der Waals surface area contributed by atoms with E-state index in [1.54, 1.807) is 24.3 Å². The highest BCUT2D eigenvalue weighted by atomic mass is 16.5. The van der Waals surface area contributed by atoms with E-state index in [0.717, 1.165) is 5.56 Å². The van der Waals surface area contributed by atoms with Crippen molar-refractivity contribution in [1.82, 2.24) is 10.6 Å². The largest absolute Gasteiger partial charge is 0.480 e. The Morgan fingerprint density at radius 3 is 2.36 bits per heavy atom. The highest BCUT2D eigenvalue weighted by Gasteiger charge is 2.24. The standard InChI is InChI=1S/C16H21N3O6/c1-10(14(21)19-12(15(22)23)7-8-13(17)20)18-16(24)25-9-11-5-3-2-4-6-11/h2-6,10,12H,7-9H2,1H3,(H2,17,20)(H,18,24)(H,19,21)(H,22,23)/t10-,12-/m1/s1. The van der Waals surface area contributed by atoms with Crippen LogP contribution in [0.3, 0.4) is 0 Å². The van der Waals surface area contributed by atoms with Crippen molar-refractivity contribution in [2.45, 2.75) is 38.5 Å². The number of ether oxygens (including phenoxy) is 1. The Bertz CT molecular complexity index is 620. The van der Waals surface area contributed by atoms with Crippen LogP contribution in [0.5, 0.6) is 0 Å². The molecule has 1 aromatic carbocycles. The van der Waals surface area contributed by atoms with Crippen LogP contribution in [0.15, 0.2) is 30.3 Å². The molecule has 0 unspecified atom stereocenters. The molecule has 3 amide bonds. The Kier molecular flexibility index (Phi) is 7.91. The zero-order chi connectivity index (χ0) is 18.8. The molecule has 9 heteroatoms. The SMILES string of the molecule is C[C@@H](NC(=O)OCc1ccccc1)C(=O)N[C@H](CCC(N)=O)C(=O)O. The van der Waals surface area contributed by atoms with Gasteiger partial charge in [0, 0.05) is 6.42 Å². The summed E-state index contributed by atoms with van der Waals surface area (Å²) in [4.78, 5) is 45.4. The van der Waals surface area contributed by atoms with Crippen LogP contribution >= 0.6 is 0 Å². The molecule has 0 aliphatic heterocycles. The van der Waals surface area contributed by atoms with Crippen molar-refractivity contribution in [2.75, 3.05) is 0 Å². The van der Waals surface area contributed by atoms with Gasteiger partial charge in [-0.1, -0.05) is 30.3 Å². The second-order valence-corrected chi connectivity index (χ2v) is 5.33. The average molecular weight is 351 g/mol. The van der Waals surface area contributed by atoms with E-state index in [9.17, 15) is 19.2 Å². The molecule has 0 radical (unpaired) electrons. The summed E-state index contributed by atoms with van der Waals surface area (Å²) in [6.07, 6.45) is -1.13. The minimum atomic E-state index is -1.30. The lowest BCUT2D eigenvalue weighted by Crippen LogP contribution is -2.50. The van der Waals surface area contributed by atoms with Gasteiger partial charge >= 0.3 is 12.1 Å². The van der Waals surface area contributed by atoms with Gasteiger partial charge in [-0.05, 0) is 18.9 Å². The van der Waals surface area contributed by atoms with E-state index in [2.05, 4.69) is 10.6 Å². The number of amides is 3. The number of carbonyl (C=O) groups is 4. The maximum absolute atomic E-state index is 12.0. The van der Waals surface area contributed by atoms with Gasteiger partial charge in [0.15, 0.2) is 0 Å². The van der Waals surface area contributed by atoms with Gasteiger partial charge in [-0.2, -0.15) is 0 Å². The second-order valence-electron chi connectivity index (χ2n) is 5.33. The van der Waals surface area contributed by atoms with Crippen LogP contribution in [0, 0.1) is 0 Å². The van der Waals surface area contributed by atoms with Crippen molar-refractivity contribution in [3.8, 4) is 0 Å². The van der Waals surface area contributed by atoms with Crippen LogP contribution in [-0.4, -0.2) is 41.1 Å². The summed E-state index contributed by atoms with van der Waals surface area (Å²) in [5, 5.41) is 13.6. The highest BCUT2D eigenvalue weighted by Crippen LogP contribution is 2.01. The minimum Gasteiger partial charge on any atom is -0.480 e. The van der Waals surface area contributed by atoms with Crippen molar-refractivity contribution in [3.63, 3.8) is 0 Å². The van der Waals surface area contributed by atoms with Crippen LogP contribution in [0.1, 0.15) is 25.3 Å². The number of carbonyl (C=O) groups excluding carboxylic acids is 3. The number of primary amides is 1. The van der Waals surface area contributed by atoms with Gasteiger partial charge < -0.3 is 26.2 Å². The minimum absolute atomic E-state index is 0.0391. The maximum Gasteiger partial charge on any atom is 0.408 e. The molecule has 0 spiro atoms. The topological polar surface area (TPSA) is 148 Å². The molecule has 25 heavy (non-hydrogen) atoms. The van der Waals surface area contributed by atoms with E-state index < -0.39 is 36.0 Å². The zero-order valence-corrected chi connectivity index (χ0v) is 13.7.